The van der Waals surface area contributed by atoms with Crippen LogP contribution in [0.1, 0.15) is 16.1 Å². The fourth-order valence-electron chi connectivity index (χ4n) is 2.21. The molecule has 0 radical (unpaired) electrons. The number of rotatable bonds is 4. The van der Waals surface area contributed by atoms with Crippen LogP contribution in [-0.4, -0.2) is 30.8 Å². The molecule has 2 N–H and O–H groups in total. The Morgan fingerprint density at radius 3 is 2.74 bits per heavy atom. The van der Waals surface area contributed by atoms with Crippen molar-refractivity contribution in [2.24, 2.45) is 7.05 Å². The number of carboxylic acid groups (broad SMARTS) is 1. The van der Waals surface area contributed by atoms with Crippen LogP contribution in [-0.2, 0) is 7.05 Å². The van der Waals surface area contributed by atoms with Gasteiger partial charge in [-0.15, -0.1) is 0 Å². The van der Waals surface area contributed by atoms with Gasteiger partial charge in [-0.1, -0.05) is 12.1 Å². The number of benzene rings is 1. The Bertz CT molecular complexity index is 872. The number of anilines is 2. The van der Waals surface area contributed by atoms with Crippen LogP contribution in [0.3, 0.4) is 0 Å². The highest BCUT2D eigenvalue weighted by Gasteiger charge is 2.14. The number of nitrogens with one attached hydrogen (secondary N) is 1. The normalized spacial score (nSPS) is 10.5. The summed E-state index contributed by atoms with van der Waals surface area (Å²) >= 11 is 0. The lowest BCUT2D eigenvalue weighted by molar-refractivity contribution is 0.0685. The largest absolute Gasteiger partial charge is 0.477 e. The van der Waals surface area contributed by atoms with E-state index in [4.69, 9.17) is 5.11 Å². The van der Waals surface area contributed by atoms with E-state index in [1.807, 2.05) is 31.2 Å². The zero-order chi connectivity index (χ0) is 16.4. The van der Waals surface area contributed by atoms with Crippen molar-refractivity contribution < 1.29 is 9.90 Å². The van der Waals surface area contributed by atoms with Gasteiger partial charge >= 0.3 is 5.97 Å². The summed E-state index contributed by atoms with van der Waals surface area (Å²) in [6, 6.07) is 11.0. The zero-order valence-electron chi connectivity index (χ0n) is 12.7. The van der Waals surface area contributed by atoms with Crippen molar-refractivity contribution in [1.29, 1.82) is 0 Å². The molecule has 0 saturated carbocycles. The first kappa shape index (κ1) is 14.7. The second-order valence-electron chi connectivity index (χ2n) is 5.10. The van der Waals surface area contributed by atoms with E-state index in [1.54, 1.807) is 19.3 Å². The molecular weight excluding hydrogens is 294 g/mol. The van der Waals surface area contributed by atoms with Crippen molar-refractivity contribution in [1.82, 2.24) is 19.7 Å². The molecule has 0 spiro atoms. The van der Waals surface area contributed by atoms with Gasteiger partial charge in [-0.2, -0.15) is 5.10 Å². The van der Waals surface area contributed by atoms with Gasteiger partial charge in [0.1, 0.15) is 11.4 Å². The fourth-order valence-corrected chi connectivity index (χ4v) is 2.21. The third kappa shape index (κ3) is 3.18. The minimum atomic E-state index is -1.03. The average Bonchev–Trinajstić information content (AvgIpc) is 2.90. The number of carbonyl (C=O) groups is 1. The highest BCUT2D eigenvalue weighted by Crippen LogP contribution is 2.19. The second-order valence-corrected chi connectivity index (χ2v) is 5.10. The molecule has 0 unspecified atom stereocenters. The van der Waals surface area contributed by atoms with Gasteiger partial charge in [0.2, 0.25) is 5.95 Å². The molecule has 0 aliphatic heterocycles. The van der Waals surface area contributed by atoms with E-state index < -0.39 is 5.97 Å². The lowest BCUT2D eigenvalue weighted by Crippen LogP contribution is -2.04. The molecule has 23 heavy (non-hydrogen) atoms. The van der Waals surface area contributed by atoms with Gasteiger partial charge < -0.3 is 10.4 Å². The number of aromatic nitrogens is 4. The number of nitrogens with zero attached hydrogens (tertiary/aromatic N) is 4. The SMILES string of the molecule is Cc1cccc(Nc2nccc(-c3cc(C(=O)O)n(C)n3)n2)c1. The molecule has 0 aliphatic rings. The quantitative estimate of drug-likeness (QED) is 0.769. The summed E-state index contributed by atoms with van der Waals surface area (Å²) < 4.78 is 1.31. The van der Waals surface area contributed by atoms with Crippen LogP contribution in [0.4, 0.5) is 11.6 Å². The third-order valence-electron chi connectivity index (χ3n) is 3.29. The molecule has 0 saturated heterocycles. The summed E-state index contributed by atoms with van der Waals surface area (Å²) in [6.45, 7) is 2.00. The minimum Gasteiger partial charge on any atom is -0.477 e. The first-order valence-corrected chi connectivity index (χ1v) is 6.97. The Hall–Kier alpha value is -3.22. The predicted octanol–water partition coefficient (Wildman–Crippen LogP) is 2.63. The molecule has 1 aromatic carbocycles. The van der Waals surface area contributed by atoms with Crippen LogP contribution in [0.5, 0.6) is 0 Å². The molecule has 7 nitrogen and oxygen atoms in total. The highest BCUT2D eigenvalue weighted by molar-refractivity contribution is 5.87. The molecule has 2 aromatic heterocycles. The molecule has 2 heterocycles. The van der Waals surface area contributed by atoms with Crippen molar-refractivity contribution in [3.05, 3.63) is 53.9 Å². The van der Waals surface area contributed by atoms with Crippen LogP contribution in [0.15, 0.2) is 42.6 Å². The second kappa shape index (κ2) is 5.88. The fraction of sp³-hybridized carbons (Fsp3) is 0.125. The standard InChI is InChI=1S/C16H15N5O2/c1-10-4-3-5-11(8-10)18-16-17-7-6-12(19-16)13-9-14(15(22)23)21(2)20-13/h3-9H,1-2H3,(H,22,23)(H,17,18,19). The van der Waals surface area contributed by atoms with Gasteiger partial charge in [-0.3, -0.25) is 4.68 Å². The monoisotopic (exact) mass is 309 g/mol. The number of aromatic carboxylic acids is 1. The van der Waals surface area contributed by atoms with E-state index in [2.05, 4.69) is 20.4 Å². The molecule has 0 amide bonds. The van der Waals surface area contributed by atoms with Crippen molar-refractivity contribution in [3.8, 4) is 11.4 Å². The molecule has 0 bridgehead atoms. The Balaban J connectivity index is 1.91. The minimum absolute atomic E-state index is 0.104. The maximum atomic E-state index is 11.1. The molecule has 0 aliphatic carbocycles. The Morgan fingerprint density at radius 2 is 2.04 bits per heavy atom. The van der Waals surface area contributed by atoms with Crippen LogP contribution >= 0.6 is 0 Å². The van der Waals surface area contributed by atoms with E-state index >= 15 is 0 Å². The molecule has 0 fully saturated rings. The maximum Gasteiger partial charge on any atom is 0.354 e. The van der Waals surface area contributed by atoms with Crippen LogP contribution in [0, 0.1) is 6.92 Å². The average molecular weight is 309 g/mol. The zero-order valence-corrected chi connectivity index (χ0v) is 12.7. The van der Waals surface area contributed by atoms with Crippen molar-refractivity contribution in [2.75, 3.05) is 5.32 Å². The summed E-state index contributed by atoms with van der Waals surface area (Å²) in [6.07, 6.45) is 1.61. The van der Waals surface area contributed by atoms with Crippen LogP contribution < -0.4 is 5.32 Å². The molecule has 0 atom stereocenters. The van der Waals surface area contributed by atoms with Crippen LogP contribution in [0.2, 0.25) is 0 Å². The molecule has 3 rings (SSSR count). The number of carboxylic acids is 1. The van der Waals surface area contributed by atoms with Crippen LogP contribution in [0.25, 0.3) is 11.4 Å². The Morgan fingerprint density at radius 1 is 1.22 bits per heavy atom. The predicted molar refractivity (Wildman–Crippen MR) is 85.7 cm³/mol. The number of aryl methyl sites for hydroxylation is 2. The summed E-state index contributed by atoms with van der Waals surface area (Å²) in [5.41, 5.74) is 3.15. The lowest BCUT2D eigenvalue weighted by atomic mass is 10.2. The van der Waals surface area contributed by atoms with E-state index in [0.717, 1.165) is 11.3 Å². The van der Waals surface area contributed by atoms with E-state index in [-0.39, 0.29) is 5.69 Å². The van der Waals surface area contributed by atoms with E-state index in [9.17, 15) is 4.79 Å². The number of hydrogen-bond donors (Lipinski definition) is 2. The van der Waals surface area contributed by atoms with Crippen molar-refractivity contribution >= 4 is 17.6 Å². The molecular formula is C16H15N5O2. The first-order chi connectivity index (χ1) is 11.0. The maximum absolute atomic E-state index is 11.1. The van der Waals surface area contributed by atoms with Gasteiger partial charge in [0.15, 0.2) is 0 Å². The lowest BCUT2D eigenvalue weighted by Gasteiger charge is -2.06. The van der Waals surface area contributed by atoms with Gasteiger partial charge in [0.05, 0.1) is 5.69 Å². The summed E-state index contributed by atoms with van der Waals surface area (Å²) in [7, 11) is 1.58. The number of hydrogen-bond acceptors (Lipinski definition) is 5. The van der Waals surface area contributed by atoms with Gasteiger partial charge in [0.25, 0.3) is 0 Å². The van der Waals surface area contributed by atoms with Crippen molar-refractivity contribution in [3.63, 3.8) is 0 Å². The first-order valence-electron chi connectivity index (χ1n) is 6.97. The summed E-state index contributed by atoms with van der Waals surface area (Å²) in [5, 5.41) is 16.4. The summed E-state index contributed by atoms with van der Waals surface area (Å²) in [5.74, 6) is -0.603. The Kier molecular flexibility index (Phi) is 3.76. The van der Waals surface area contributed by atoms with Gasteiger partial charge in [-0.25, -0.2) is 14.8 Å². The molecule has 7 heteroatoms. The summed E-state index contributed by atoms with van der Waals surface area (Å²) in [4.78, 5) is 19.7. The Labute approximate surface area is 132 Å². The smallest absolute Gasteiger partial charge is 0.354 e. The molecule has 3 aromatic rings. The van der Waals surface area contributed by atoms with Gasteiger partial charge in [0, 0.05) is 25.0 Å². The van der Waals surface area contributed by atoms with Crippen molar-refractivity contribution in [2.45, 2.75) is 6.92 Å². The highest BCUT2D eigenvalue weighted by atomic mass is 16.4. The van der Waals surface area contributed by atoms with E-state index in [1.165, 1.54) is 10.7 Å². The van der Waals surface area contributed by atoms with E-state index in [0.29, 0.717) is 17.3 Å². The topological polar surface area (TPSA) is 92.9 Å². The molecule has 116 valence electrons. The third-order valence-corrected chi connectivity index (χ3v) is 3.29. The van der Waals surface area contributed by atoms with Gasteiger partial charge in [-0.05, 0) is 30.7 Å².